The molecule has 0 saturated carbocycles. The van der Waals surface area contributed by atoms with Crippen molar-refractivity contribution in [2.45, 2.75) is 13.5 Å². The molecule has 1 heterocycles. The number of aryl methyl sites for hydroxylation is 1. The first-order valence-electron chi connectivity index (χ1n) is 6.20. The highest BCUT2D eigenvalue weighted by Gasteiger charge is 2.11. The molecule has 20 heavy (non-hydrogen) atoms. The van der Waals surface area contributed by atoms with E-state index < -0.39 is 0 Å². The average molecular weight is 306 g/mol. The second-order valence-corrected chi connectivity index (χ2v) is 5.53. The number of nitrogens with two attached hydrogens (primary N) is 1. The molecule has 3 nitrogen and oxygen atoms in total. The molecule has 0 unspecified atom stereocenters. The minimum atomic E-state index is 0.362. The maximum Gasteiger partial charge on any atom is 0.106 e. The van der Waals surface area contributed by atoms with Gasteiger partial charge in [-0.1, -0.05) is 29.9 Å². The number of anilines is 1. The number of rotatable bonds is 4. The van der Waals surface area contributed by atoms with E-state index in [9.17, 15) is 0 Å². The van der Waals surface area contributed by atoms with Gasteiger partial charge in [0.1, 0.15) is 4.99 Å². The highest BCUT2D eigenvalue weighted by molar-refractivity contribution is 7.80. The first kappa shape index (κ1) is 14.8. The lowest BCUT2D eigenvalue weighted by Gasteiger charge is -2.22. The summed E-state index contributed by atoms with van der Waals surface area (Å²) in [4.78, 5) is 6.90. The molecule has 2 rings (SSSR count). The summed E-state index contributed by atoms with van der Waals surface area (Å²) in [5.74, 6) is 0. The van der Waals surface area contributed by atoms with E-state index in [0.717, 1.165) is 22.6 Å². The lowest BCUT2D eigenvalue weighted by Crippen LogP contribution is -2.22. The summed E-state index contributed by atoms with van der Waals surface area (Å²) in [6, 6.07) is 11.5. The zero-order chi connectivity index (χ0) is 14.7. The van der Waals surface area contributed by atoms with Crippen LogP contribution in [0.4, 0.5) is 5.69 Å². The summed E-state index contributed by atoms with van der Waals surface area (Å²) in [5.41, 5.74) is 9.48. The SMILES string of the molecule is Cc1cccc(CN(C)c2cc(Cl)ccc2C(N)=S)n1. The number of benzene rings is 1. The van der Waals surface area contributed by atoms with Gasteiger partial charge < -0.3 is 10.6 Å². The van der Waals surface area contributed by atoms with Gasteiger partial charge in [0.15, 0.2) is 0 Å². The van der Waals surface area contributed by atoms with Crippen LogP contribution in [0.25, 0.3) is 0 Å². The predicted octanol–water partition coefficient (Wildman–Crippen LogP) is 3.31. The Hall–Kier alpha value is -1.65. The Balaban J connectivity index is 2.31. The largest absolute Gasteiger partial charge is 0.389 e. The summed E-state index contributed by atoms with van der Waals surface area (Å²) in [7, 11) is 1.97. The van der Waals surface area contributed by atoms with Crippen LogP contribution in [-0.4, -0.2) is 17.0 Å². The summed E-state index contributed by atoms with van der Waals surface area (Å²) < 4.78 is 0. The maximum atomic E-state index is 6.07. The number of thiocarbonyl (C=S) groups is 1. The lowest BCUT2D eigenvalue weighted by atomic mass is 10.1. The lowest BCUT2D eigenvalue weighted by molar-refractivity contribution is 0.876. The van der Waals surface area contributed by atoms with Gasteiger partial charge in [0.05, 0.1) is 12.2 Å². The van der Waals surface area contributed by atoms with Crippen molar-refractivity contribution in [3.05, 3.63) is 58.4 Å². The zero-order valence-corrected chi connectivity index (χ0v) is 13.0. The van der Waals surface area contributed by atoms with Gasteiger partial charge in [0.2, 0.25) is 0 Å². The van der Waals surface area contributed by atoms with Crippen molar-refractivity contribution in [3.8, 4) is 0 Å². The van der Waals surface area contributed by atoms with Crippen LogP contribution in [0.3, 0.4) is 0 Å². The number of pyridine rings is 1. The molecular weight excluding hydrogens is 290 g/mol. The van der Waals surface area contributed by atoms with Crippen molar-refractivity contribution in [2.24, 2.45) is 5.73 Å². The van der Waals surface area contributed by atoms with E-state index in [1.54, 1.807) is 6.07 Å². The number of hydrogen-bond donors (Lipinski definition) is 1. The van der Waals surface area contributed by atoms with Crippen LogP contribution >= 0.6 is 23.8 Å². The fourth-order valence-corrected chi connectivity index (χ4v) is 2.38. The minimum Gasteiger partial charge on any atom is -0.389 e. The van der Waals surface area contributed by atoms with E-state index in [0.29, 0.717) is 16.6 Å². The first-order valence-corrected chi connectivity index (χ1v) is 6.99. The van der Waals surface area contributed by atoms with Crippen LogP contribution in [0.1, 0.15) is 17.0 Å². The Morgan fingerprint density at radius 3 is 2.75 bits per heavy atom. The highest BCUT2D eigenvalue weighted by atomic mass is 35.5. The summed E-state index contributed by atoms with van der Waals surface area (Å²) in [5, 5.41) is 0.657. The highest BCUT2D eigenvalue weighted by Crippen LogP contribution is 2.25. The van der Waals surface area contributed by atoms with E-state index in [1.165, 1.54) is 0 Å². The quantitative estimate of drug-likeness (QED) is 0.880. The second kappa shape index (κ2) is 6.20. The summed E-state index contributed by atoms with van der Waals surface area (Å²) in [6.45, 7) is 2.64. The minimum absolute atomic E-state index is 0.362. The first-order chi connectivity index (χ1) is 9.47. The smallest absolute Gasteiger partial charge is 0.106 e. The standard InChI is InChI=1S/C15H16ClN3S/c1-10-4-3-5-12(18-10)9-19(2)14-8-11(16)6-7-13(14)15(17)20/h3-8H,9H2,1-2H3,(H2,17,20). The molecule has 1 aromatic carbocycles. The molecule has 0 saturated heterocycles. The normalized spacial score (nSPS) is 10.3. The Morgan fingerprint density at radius 2 is 2.10 bits per heavy atom. The number of nitrogens with zero attached hydrogens (tertiary/aromatic N) is 2. The van der Waals surface area contributed by atoms with Crippen molar-refractivity contribution in [1.82, 2.24) is 4.98 Å². The third kappa shape index (κ3) is 3.46. The number of halogens is 1. The van der Waals surface area contributed by atoms with Crippen LogP contribution in [-0.2, 0) is 6.54 Å². The van der Waals surface area contributed by atoms with E-state index in [2.05, 4.69) is 4.98 Å². The topological polar surface area (TPSA) is 42.1 Å². The molecule has 1 aromatic heterocycles. The monoisotopic (exact) mass is 305 g/mol. The van der Waals surface area contributed by atoms with E-state index >= 15 is 0 Å². The van der Waals surface area contributed by atoms with E-state index in [4.69, 9.17) is 29.6 Å². The molecule has 5 heteroatoms. The van der Waals surface area contributed by atoms with Crippen LogP contribution < -0.4 is 10.6 Å². The van der Waals surface area contributed by atoms with Crippen LogP contribution in [0.2, 0.25) is 5.02 Å². The van der Waals surface area contributed by atoms with Gasteiger partial charge in [-0.25, -0.2) is 0 Å². The van der Waals surface area contributed by atoms with Gasteiger partial charge in [-0.15, -0.1) is 0 Å². The summed E-state index contributed by atoms with van der Waals surface area (Å²) in [6.07, 6.45) is 0. The van der Waals surface area contributed by atoms with Crippen molar-refractivity contribution in [2.75, 3.05) is 11.9 Å². The molecule has 0 radical (unpaired) electrons. The molecule has 0 atom stereocenters. The molecule has 0 bridgehead atoms. The maximum absolute atomic E-state index is 6.07. The summed E-state index contributed by atoms with van der Waals surface area (Å²) >= 11 is 11.2. The number of hydrogen-bond acceptors (Lipinski definition) is 3. The van der Waals surface area contributed by atoms with Crippen LogP contribution in [0.5, 0.6) is 0 Å². The molecule has 0 aliphatic heterocycles. The molecule has 0 fully saturated rings. The molecule has 0 aliphatic carbocycles. The average Bonchev–Trinajstić information content (AvgIpc) is 2.38. The Labute approximate surface area is 129 Å². The Kier molecular flexibility index (Phi) is 4.57. The molecular formula is C15H16ClN3S. The van der Waals surface area contributed by atoms with Crippen molar-refractivity contribution < 1.29 is 0 Å². The van der Waals surface area contributed by atoms with Gasteiger partial charge in [-0.05, 0) is 37.3 Å². The van der Waals surface area contributed by atoms with Gasteiger partial charge in [0, 0.05) is 29.0 Å². The Bertz CT molecular complexity index is 643. The molecule has 0 aliphatic rings. The van der Waals surface area contributed by atoms with E-state index in [-0.39, 0.29) is 0 Å². The van der Waals surface area contributed by atoms with Gasteiger partial charge in [-0.3, -0.25) is 4.98 Å². The van der Waals surface area contributed by atoms with Gasteiger partial charge >= 0.3 is 0 Å². The third-order valence-corrected chi connectivity index (χ3v) is 3.44. The Morgan fingerprint density at radius 1 is 1.35 bits per heavy atom. The van der Waals surface area contributed by atoms with Crippen molar-refractivity contribution in [1.29, 1.82) is 0 Å². The number of aromatic nitrogens is 1. The molecule has 104 valence electrons. The molecule has 2 aromatic rings. The predicted molar refractivity (Wildman–Crippen MR) is 88.4 cm³/mol. The molecule has 2 N–H and O–H groups in total. The van der Waals surface area contributed by atoms with Gasteiger partial charge in [-0.2, -0.15) is 0 Å². The van der Waals surface area contributed by atoms with Crippen molar-refractivity contribution in [3.63, 3.8) is 0 Å². The fourth-order valence-electron chi connectivity index (χ4n) is 2.04. The second-order valence-electron chi connectivity index (χ2n) is 4.65. The fraction of sp³-hybridized carbons (Fsp3) is 0.200. The van der Waals surface area contributed by atoms with E-state index in [1.807, 2.05) is 49.2 Å². The van der Waals surface area contributed by atoms with Crippen LogP contribution in [0.15, 0.2) is 36.4 Å². The van der Waals surface area contributed by atoms with Crippen molar-refractivity contribution >= 4 is 34.5 Å². The molecule has 0 amide bonds. The van der Waals surface area contributed by atoms with Gasteiger partial charge in [0.25, 0.3) is 0 Å². The zero-order valence-electron chi connectivity index (χ0n) is 11.4. The van der Waals surface area contributed by atoms with Crippen LogP contribution in [0, 0.1) is 6.92 Å². The molecule has 0 spiro atoms. The third-order valence-electron chi connectivity index (χ3n) is 2.98.